The number of hydrogen-bond acceptors (Lipinski definition) is 4. The summed E-state index contributed by atoms with van der Waals surface area (Å²) in [6, 6.07) is 0. The monoisotopic (exact) mass is 360 g/mol. The maximum atomic E-state index is 10.6. The first-order chi connectivity index (χ1) is 11.4. The number of carboxylic acid groups (broad SMARTS) is 1. The third-order valence-electron chi connectivity index (χ3n) is 5.51. The van der Waals surface area contributed by atoms with Crippen molar-refractivity contribution in [1.29, 1.82) is 0 Å². The molecular formula is C18H33ClN2O3. The second-order valence-electron chi connectivity index (χ2n) is 7.40. The van der Waals surface area contributed by atoms with Gasteiger partial charge in [0.1, 0.15) is 0 Å². The largest absolute Gasteiger partial charge is 0.481 e. The normalized spacial score (nSPS) is 30.1. The van der Waals surface area contributed by atoms with Gasteiger partial charge in [-0.2, -0.15) is 0 Å². The number of carboxylic acids is 1. The smallest absolute Gasteiger partial charge is 0.303 e. The van der Waals surface area contributed by atoms with Crippen LogP contribution in [0.25, 0.3) is 0 Å². The Morgan fingerprint density at radius 3 is 1.38 bits per heavy atom. The van der Waals surface area contributed by atoms with Crippen molar-refractivity contribution < 1.29 is 14.7 Å². The Hall–Kier alpha value is -0.650. The molecule has 2 saturated carbocycles. The highest BCUT2D eigenvalue weighted by atomic mass is 35.5. The first kappa shape index (κ1) is 21.4. The first-order valence-corrected chi connectivity index (χ1v) is 9.62. The lowest BCUT2D eigenvalue weighted by Gasteiger charge is -2.26. The van der Waals surface area contributed by atoms with E-state index in [-0.39, 0.29) is 5.24 Å². The average molecular weight is 361 g/mol. The third kappa shape index (κ3) is 9.00. The van der Waals surface area contributed by atoms with Crippen molar-refractivity contribution in [3.63, 3.8) is 0 Å². The molecule has 0 aromatic carbocycles. The van der Waals surface area contributed by atoms with Crippen LogP contribution in [-0.4, -0.2) is 29.4 Å². The van der Waals surface area contributed by atoms with Crippen molar-refractivity contribution in [2.45, 2.75) is 64.2 Å². The second kappa shape index (κ2) is 11.8. The number of aliphatic carboxylic acids is 1. The molecule has 2 rings (SSSR count). The molecule has 0 bridgehead atoms. The van der Waals surface area contributed by atoms with Crippen LogP contribution in [0.5, 0.6) is 0 Å². The highest BCUT2D eigenvalue weighted by Gasteiger charge is 2.22. The van der Waals surface area contributed by atoms with Crippen LogP contribution >= 0.6 is 11.6 Å². The van der Waals surface area contributed by atoms with Crippen molar-refractivity contribution >= 4 is 22.8 Å². The van der Waals surface area contributed by atoms with Gasteiger partial charge in [0.25, 0.3) is 0 Å². The molecule has 0 heterocycles. The summed E-state index contributed by atoms with van der Waals surface area (Å²) in [5.41, 5.74) is 11.1. The minimum absolute atomic E-state index is 0.189. The fourth-order valence-corrected chi connectivity index (χ4v) is 4.03. The van der Waals surface area contributed by atoms with E-state index in [2.05, 4.69) is 0 Å². The molecule has 0 spiro atoms. The van der Waals surface area contributed by atoms with Crippen molar-refractivity contribution in [3.8, 4) is 0 Å². The predicted molar refractivity (Wildman–Crippen MR) is 96.7 cm³/mol. The lowest BCUT2D eigenvalue weighted by atomic mass is 9.81. The highest BCUT2D eigenvalue weighted by Crippen LogP contribution is 2.31. The Kier molecular flexibility index (Phi) is 10.5. The van der Waals surface area contributed by atoms with Crippen LogP contribution in [0.2, 0.25) is 0 Å². The second-order valence-corrected chi connectivity index (χ2v) is 7.82. The number of nitrogens with two attached hydrogens (primary N) is 2. The van der Waals surface area contributed by atoms with Gasteiger partial charge >= 0.3 is 5.97 Å². The number of halogens is 1. The van der Waals surface area contributed by atoms with Gasteiger partial charge < -0.3 is 16.6 Å². The number of rotatable bonds is 6. The summed E-state index contributed by atoms with van der Waals surface area (Å²) in [6.07, 6.45) is 9.83. The van der Waals surface area contributed by atoms with Crippen LogP contribution in [0.3, 0.4) is 0 Å². The maximum Gasteiger partial charge on any atom is 0.303 e. The summed E-state index contributed by atoms with van der Waals surface area (Å²) in [5.74, 6) is 1.61. The van der Waals surface area contributed by atoms with Crippen molar-refractivity contribution in [1.82, 2.24) is 0 Å². The van der Waals surface area contributed by atoms with Gasteiger partial charge in [-0.25, -0.2) is 0 Å². The molecule has 0 radical (unpaired) electrons. The molecule has 0 unspecified atom stereocenters. The van der Waals surface area contributed by atoms with Gasteiger partial charge in [0, 0.05) is 12.8 Å². The lowest BCUT2D eigenvalue weighted by molar-refractivity contribution is -0.138. The lowest BCUT2D eigenvalue weighted by Crippen LogP contribution is -2.22. The molecule has 6 heteroatoms. The van der Waals surface area contributed by atoms with Crippen molar-refractivity contribution in [2.24, 2.45) is 35.1 Å². The van der Waals surface area contributed by atoms with E-state index in [1.807, 2.05) is 0 Å². The molecule has 2 aliphatic rings. The first-order valence-electron chi connectivity index (χ1n) is 9.24. The van der Waals surface area contributed by atoms with E-state index in [1.165, 1.54) is 12.8 Å². The van der Waals surface area contributed by atoms with E-state index in [0.717, 1.165) is 51.6 Å². The molecule has 2 aliphatic carbocycles. The van der Waals surface area contributed by atoms with Crippen LogP contribution in [0.15, 0.2) is 0 Å². The molecule has 5 N–H and O–H groups in total. The zero-order valence-electron chi connectivity index (χ0n) is 14.6. The highest BCUT2D eigenvalue weighted by molar-refractivity contribution is 6.63. The molecule has 5 nitrogen and oxygen atoms in total. The van der Waals surface area contributed by atoms with E-state index >= 15 is 0 Å². The summed E-state index contributed by atoms with van der Waals surface area (Å²) in [5, 5.41) is 8.38. The van der Waals surface area contributed by atoms with Crippen LogP contribution in [0, 0.1) is 23.7 Å². The standard InChI is InChI=1S/C9H16ClNO.C9H17NO2/c10-9(12)5-7-1-3-8(6-11)4-2-7;10-6-8-3-1-7(2-4-8)5-9(11)12/h7-8H,1-6,11H2;7-8H,1-6,10H2,(H,11,12). The fraction of sp³-hybridized carbons (Fsp3) is 0.889. The summed E-state index contributed by atoms with van der Waals surface area (Å²) in [6.45, 7) is 1.56. The van der Waals surface area contributed by atoms with Crippen molar-refractivity contribution in [3.05, 3.63) is 0 Å². The maximum absolute atomic E-state index is 10.6. The molecule has 140 valence electrons. The van der Waals surface area contributed by atoms with Gasteiger partial charge in [0.05, 0.1) is 0 Å². The van der Waals surface area contributed by atoms with E-state index in [9.17, 15) is 9.59 Å². The molecular weight excluding hydrogens is 328 g/mol. The minimum atomic E-state index is -0.661. The predicted octanol–water partition coefficient (Wildman–Crippen LogP) is 3.13. The fourth-order valence-electron chi connectivity index (χ4n) is 3.82. The molecule has 0 saturated heterocycles. The quantitative estimate of drug-likeness (QED) is 0.631. The molecule has 24 heavy (non-hydrogen) atoms. The summed E-state index contributed by atoms with van der Waals surface area (Å²) < 4.78 is 0. The van der Waals surface area contributed by atoms with Gasteiger partial charge in [0.2, 0.25) is 5.24 Å². The van der Waals surface area contributed by atoms with E-state index < -0.39 is 5.97 Å². The van der Waals surface area contributed by atoms with Crippen LogP contribution in [0.4, 0.5) is 0 Å². The van der Waals surface area contributed by atoms with Gasteiger partial charge in [-0.15, -0.1) is 0 Å². The number of hydrogen-bond donors (Lipinski definition) is 3. The SMILES string of the molecule is NCC1CCC(CC(=O)Cl)CC1.NCC1CCC(CC(=O)O)CC1. The summed E-state index contributed by atoms with van der Waals surface area (Å²) in [4.78, 5) is 21.0. The Morgan fingerprint density at radius 2 is 1.08 bits per heavy atom. The van der Waals surface area contributed by atoms with E-state index in [4.69, 9.17) is 28.2 Å². The third-order valence-corrected chi connectivity index (χ3v) is 5.67. The topological polar surface area (TPSA) is 106 Å². The Labute approximate surface area is 150 Å². The summed E-state index contributed by atoms with van der Waals surface area (Å²) in [7, 11) is 0. The van der Waals surface area contributed by atoms with Crippen LogP contribution in [0.1, 0.15) is 64.2 Å². The zero-order valence-corrected chi connectivity index (χ0v) is 15.3. The molecule has 0 atom stereocenters. The number of carbonyl (C=O) groups excluding carboxylic acids is 1. The van der Waals surface area contributed by atoms with Gasteiger partial charge in [-0.1, -0.05) is 0 Å². The Morgan fingerprint density at radius 1 is 0.750 bits per heavy atom. The van der Waals surface area contributed by atoms with Crippen LogP contribution < -0.4 is 11.5 Å². The molecule has 0 amide bonds. The molecule has 0 aromatic rings. The minimum Gasteiger partial charge on any atom is -0.481 e. The van der Waals surface area contributed by atoms with Crippen molar-refractivity contribution in [2.75, 3.05) is 13.1 Å². The number of carbonyl (C=O) groups is 2. The van der Waals surface area contributed by atoms with E-state index in [1.54, 1.807) is 0 Å². The van der Waals surface area contributed by atoms with Gasteiger partial charge in [-0.3, -0.25) is 9.59 Å². The van der Waals surface area contributed by atoms with Crippen LogP contribution in [-0.2, 0) is 9.59 Å². The zero-order chi connectivity index (χ0) is 17.9. The van der Waals surface area contributed by atoms with Gasteiger partial charge in [-0.05, 0) is 99.7 Å². The van der Waals surface area contributed by atoms with Gasteiger partial charge in [0.15, 0.2) is 0 Å². The summed E-state index contributed by atoms with van der Waals surface area (Å²) >= 11 is 5.32. The average Bonchev–Trinajstić information content (AvgIpc) is 2.56. The Balaban J connectivity index is 0.000000240. The molecule has 2 fully saturated rings. The van der Waals surface area contributed by atoms with E-state index in [0.29, 0.717) is 36.5 Å². The molecule has 0 aromatic heterocycles. The molecule has 0 aliphatic heterocycles. The Bertz CT molecular complexity index is 340.